The highest BCUT2D eigenvalue weighted by molar-refractivity contribution is 6.52. The molecule has 0 N–H and O–H groups in total. The van der Waals surface area contributed by atoms with Gasteiger partial charge >= 0.3 is 0 Å². The molecule has 1 aliphatic carbocycles. The molecule has 6 nitrogen and oxygen atoms in total. The highest BCUT2D eigenvalue weighted by Crippen LogP contribution is 2.40. The second-order valence-corrected chi connectivity index (χ2v) is 8.16. The Kier molecular flexibility index (Phi) is 4.50. The van der Waals surface area contributed by atoms with Gasteiger partial charge in [0, 0.05) is 28.7 Å². The predicted octanol–water partition coefficient (Wildman–Crippen LogP) is 4.58. The van der Waals surface area contributed by atoms with E-state index in [1.165, 1.54) is 0 Å². The maximum absolute atomic E-state index is 12.7. The molecule has 0 bridgehead atoms. The standard InChI is InChI=1S/C27H19N3O3/c31-25-20-13-7-8-14-21(20)27-22(26(25)32)15-19(33-27)16-30-24(18-11-5-2-6-12-18)23(28-29-30)17-9-3-1-4-10-17/h1-14,19H,15-16H2. The lowest BCUT2D eigenvalue weighted by Crippen LogP contribution is -2.22. The van der Waals surface area contributed by atoms with Crippen LogP contribution in [0.4, 0.5) is 0 Å². The maximum atomic E-state index is 12.7. The van der Waals surface area contributed by atoms with E-state index in [9.17, 15) is 9.59 Å². The SMILES string of the molecule is O=C1C(=O)c2ccccc2C2=C1CC(Cn1nnc(-c3ccccc3)c1-c1ccccc1)O2. The van der Waals surface area contributed by atoms with E-state index in [4.69, 9.17) is 4.74 Å². The number of hydrogen-bond donors (Lipinski definition) is 0. The van der Waals surface area contributed by atoms with Crippen LogP contribution in [0.5, 0.6) is 0 Å². The van der Waals surface area contributed by atoms with E-state index in [2.05, 4.69) is 10.3 Å². The van der Waals surface area contributed by atoms with Crippen molar-refractivity contribution in [2.75, 3.05) is 0 Å². The van der Waals surface area contributed by atoms with E-state index >= 15 is 0 Å². The van der Waals surface area contributed by atoms with Gasteiger partial charge in [0.25, 0.3) is 0 Å². The molecule has 0 amide bonds. The summed E-state index contributed by atoms with van der Waals surface area (Å²) < 4.78 is 8.07. The third-order valence-electron chi connectivity index (χ3n) is 6.09. The summed E-state index contributed by atoms with van der Waals surface area (Å²) in [7, 11) is 0. The van der Waals surface area contributed by atoms with Crippen molar-refractivity contribution in [2.24, 2.45) is 0 Å². The minimum absolute atomic E-state index is 0.328. The first-order valence-corrected chi connectivity index (χ1v) is 10.8. The Morgan fingerprint density at radius 2 is 1.42 bits per heavy atom. The first kappa shape index (κ1) is 19.4. The van der Waals surface area contributed by atoms with Crippen LogP contribution in [-0.2, 0) is 16.1 Å². The molecule has 0 radical (unpaired) electrons. The monoisotopic (exact) mass is 433 g/mol. The van der Waals surface area contributed by atoms with Gasteiger partial charge in [-0.1, -0.05) is 90.1 Å². The number of nitrogens with zero attached hydrogens (tertiary/aromatic N) is 3. The average molecular weight is 433 g/mol. The number of Topliss-reactive ketones (excluding diaryl/α,β-unsaturated/α-hetero) is 2. The van der Waals surface area contributed by atoms with Crippen molar-refractivity contribution in [1.82, 2.24) is 15.0 Å². The fourth-order valence-corrected chi connectivity index (χ4v) is 4.57. The van der Waals surface area contributed by atoms with Crippen molar-refractivity contribution in [1.29, 1.82) is 0 Å². The zero-order valence-corrected chi connectivity index (χ0v) is 17.6. The highest BCUT2D eigenvalue weighted by Gasteiger charge is 2.40. The van der Waals surface area contributed by atoms with Crippen molar-refractivity contribution >= 4 is 17.3 Å². The molecule has 0 saturated carbocycles. The van der Waals surface area contributed by atoms with Gasteiger partial charge in [-0.15, -0.1) is 5.10 Å². The summed E-state index contributed by atoms with van der Waals surface area (Å²) in [5.41, 5.74) is 5.18. The van der Waals surface area contributed by atoms with Crippen LogP contribution < -0.4 is 0 Å². The molecule has 6 heteroatoms. The molecule has 1 atom stereocenters. The third-order valence-corrected chi connectivity index (χ3v) is 6.09. The van der Waals surface area contributed by atoms with E-state index in [1.54, 1.807) is 12.1 Å². The number of hydrogen-bond acceptors (Lipinski definition) is 5. The summed E-state index contributed by atoms with van der Waals surface area (Å²) in [4.78, 5) is 25.3. The van der Waals surface area contributed by atoms with Crippen LogP contribution in [0.2, 0.25) is 0 Å². The normalized spacial score (nSPS) is 17.0. The van der Waals surface area contributed by atoms with Gasteiger partial charge in [0.1, 0.15) is 17.6 Å². The van der Waals surface area contributed by atoms with Crippen molar-refractivity contribution in [2.45, 2.75) is 19.1 Å². The van der Waals surface area contributed by atoms with Crippen LogP contribution in [0.25, 0.3) is 28.3 Å². The first-order valence-electron chi connectivity index (χ1n) is 10.8. The number of ether oxygens (including phenoxy) is 1. The van der Waals surface area contributed by atoms with Crippen LogP contribution in [0.3, 0.4) is 0 Å². The zero-order valence-electron chi connectivity index (χ0n) is 17.6. The molecule has 33 heavy (non-hydrogen) atoms. The molecule has 4 aromatic rings. The molecule has 6 rings (SSSR count). The first-order chi connectivity index (χ1) is 16.2. The largest absolute Gasteiger partial charge is 0.487 e. The van der Waals surface area contributed by atoms with Gasteiger partial charge in [-0.3, -0.25) is 9.59 Å². The summed E-state index contributed by atoms with van der Waals surface area (Å²) in [6.07, 6.45) is 0.0360. The quantitative estimate of drug-likeness (QED) is 0.441. The molecule has 2 aliphatic rings. The summed E-state index contributed by atoms with van der Waals surface area (Å²) in [6.45, 7) is 0.403. The Balaban J connectivity index is 1.36. The number of carbonyl (C=O) groups excluding carboxylic acids is 2. The van der Waals surface area contributed by atoms with E-state index in [-0.39, 0.29) is 6.10 Å². The molecular weight excluding hydrogens is 414 g/mol. The Labute approximate surface area is 190 Å². The Morgan fingerprint density at radius 1 is 0.788 bits per heavy atom. The lowest BCUT2D eigenvalue weighted by molar-refractivity contribution is -0.112. The summed E-state index contributed by atoms with van der Waals surface area (Å²) >= 11 is 0. The minimum atomic E-state index is -0.474. The van der Waals surface area contributed by atoms with Crippen LogP contribution in [0.15, 0.2) is 90.5 Å². The number of rotatable bonds is 4. The van der Waals surface area contributed by atoms with Crippen LogP contribution in [0.1, 0.15) is 22.3 Å². The molecule has 1 aliphatic heterocycles. The molecule has 1 unspecified atom stereocenters. The van der Waals surface area contributed by atoms with Crippen molar-refractivity contribution in [3.63, 3.8) is 0 Å². The number of aromatic nitrogens is 3. The molecule has 2 heterocycles. The van der Waals surface area contributed by atoms with Crippen LogP contribution in [-0.4, -0.2) is 32.7 Å². The van der Waals surface area contributed by atoms with E-state index < -0.39 is 11.6 Å². The van der Waals surface area contributed by atoms with Gasteiger partial charge in [-0.05, 0) is 0 Å². The zero-order chi connectivity index (χ0) is 22.4. The van der Waals surface area contributed by atoms with Gasteiger partial charge < -0.3 is 4.74 Å². The molecule has 0 saturated heterocycles. The fraction of sp³-hybridized carbons (Fsp3) is 0.111. The van der Waals surface area contributed by atoms with E-state index in [0.29, 0.717) is 35.4 Å². The van der Waals surface area contributed by atoms with Gasteiger partial charge in [0.15, 0.2) is 0 Å². The Bertz CT molecular complexity index is 1420. The topological polar surface area (TPSA) is 74.1 Å². The number of benzene rings is 3. The van der Waals surface area contributed by atoms with E-state index in [1.807, 2.05) is 77.5 Å². The lowest BCUT2D eigenvalue weighted by atomic mass is 9.88. The van der Waals surface area contributed by atoms with Crippen molar-refractivity contribution < 1.29 is 14.3 Å². The molecule has 160 valence electrons. The second kappa shape index (κ2) is 7.67. The van der Waals surface area contributed by atoms with E-state index in [0.717, 1.165) is 22.5 Å². The number of fused-ring (bicyclic) bond motifs is 2. The molecule has 0 fully saturated rings. The van der Waals surface area contributed by atoms with Gasteiger partial charge in [-0.25, -0.2) is 4.68 Å². The smallest absolute Gasteiger partial charge is 0.234 e. The Hall–Kier alpha value is -4.32. The van der Waals surface area contributed by atoms with Gasteiger partial charge in [-0.2, -0.15) is 0 Å². The van der Waals surface area contributed by atoms with Crippen LogP contribution in [0, 0.1) is 0 Å². The fourth-order valence-electron chi connectivity index (χ4n) is 4.57. The summed E-state index contributed by atoms with van der Waals surface area (Å²) in [5, 5.41) is 8.93. The summed E-state index contributed by atoms with van der Waals surface area (Å²) in [5.74, 6) is -0.423. The molecule has 1 aromatic heterocycles. The second-order valence-electron chi connectivity index (χ2n) is 8.16. The third kappa shape index (κ3) is 3.19. The number of carbonyl (C=O) groups is 2. The summed E-state index contributed by atoms with van der Waals surface area (Å²) in [6, 6.07) is 27.0. The van der Waals surface area contributed by atoms with Gasteiger partial charge in [0.05, 0.1) is 17.8 Å². The molecule has 0 spiro atoms. The van der Waals surface area contributed by atoms with Crippen molar-refractivity contribution in [3.8, 4) is 22.5 Å². The molecule has 3 aromatic carbocycles. The average Bonchev–Trinajstić information content (AvgIpc) is 3.49. The number of ketones is 2. The molecular formula is C27H19N3O3. The predicted molar refractivity (Wildman–Crippen MR) is 123 cm³/mol. The van der Waals surface area contributed by atoms with Crippen LogP contribution >= 0.6 is 0 Å². The Morgan fingerprint density at radius 3 is 2.15 bits per heavy atom. The highest BCUT2D eigenvalue weighted by atomic mass is 16.5. The van der Waals surface area contributed by atoms with Gasteiger partial charge in [0.2, 0.25) is 11.6 Å². The minimum Gasteiger partial charge on any atom is -0.487 e. The lowest BCUT2D eigenvalue weighted by Gasteiger charge is -2.17. The maximum Gasteiger partial charge on any atom is 0.234 e. The van der Waals surface area contributed by atoms with Crippen molar-refractivity contribution in [3.05, 3.63) is 102 Å².